The Labute approximate surface area is 113 Å². The van der Waals surface area contributed by atoms with Crippen LogP contribution in [0.15, 0.2) is 18.2 Å². The number of rotatable bonds is 5. The van der Waals surface area contributed by atoms with Crippen LogP contribution >= 0.6 is 0 Å². The Morgan fingerprint density at radius 3 is 3.16 bits per heavy atom. The number of ether oxygens (including phenoxy) is 1. The highest BCUT2D eigenvalue weighted by molar-refractivity contribution is 5.77. The zero-order chi connectivity index (χ0) is 13.7. The first kappa shape index (κ1) is 13.4. The van der Waals surface area contributed by atoms with Crippen LogP contribution in [0.3, 0.4) is 0 Å². The monoisotopic (exact) mass is 258 g/mol. The first-order valence-corrected chi connectivity index (χ1v) is 6.37. The van der Waals surface area contributed by atoms with E-state index in [-0.39, 0.29) is 19.1 Å². The molecular weight excluding hydrogens is 240 g/mol. The lowest BCUT2D eigenvalue weighted by atomic mass is 10.1. The second-order valence-corrected chi connectivity index (χ2v) is 4.51. The maximum atomic E-state index is 11.4. The summed E-state index contributed by atoms with van der Waals surface area (Å²) in [5.41, 5.74) is 2.62. The number of aryl methyl sites for hydroxylation is 1. The molecule has 0 aromatic heterocycles. The van der Waals surface area contributed by atoms with Crippen molar-refractivity contribution in [3.8, 4) is 18.1 Å². The number of fused-ring (bicyclic) bond motifs is 1. The van der Waals surface area contributed by atoms with Crippen molar-refractivity contribution in [3.63, 3.8) is 0 Å². The summed E-state index contributed by atoms with van der Waals surface area (Å²) in [7, 11) is 1.97. The van der Waals surface area contributed by atoms with Gasteiger partial charge in [0.15, 0.2) is 6.61 Å². The van der Waals surface area contributed by atoms with Crippen LogP contribution in [-0.4, -0.2) is 26.1 Å². The molecule has 2 rings (SSSR count). The SMILES string of the molecule is C#CCNC(=O)COc1ccc2c(c1)CCC2NC. The molecule has 0 fully saturated rings. The Balaban J connectivity index is 1.93. The predicted octanol–water partition coefficient (Wildman–Crippen LogP) is 1.02. The quantitative estimate of drug-likeness (QED) is 0.775. The Morgan fingerprint density at radius 2 is 2.42 bits per heavy atom. The molecule has 0 saturated heterocycles. The maximum Gasteiger partial charge on any atom is 0.258 e. The van der Waals surface area contributed by atoms with E-state index in [0.717, 1.165) is 18.6 Å². The smallest absolute Gasteiger partial charge is 0.258 e. The van der Waals surface area contributed by atoms with E-state index in [2.05, 4.69) is 22.6 Å². The molecule has 19 heavy (non-hydrogen) atoms. The van der Waals surface area contributed by atoms with Crippen molar-refractivity contribution in [2.75, 3.05) is 20.2 Å². The van der Waals surface area contributed by atoms with E-state index in [1.54, 1.807) is 0 Å². The molecule has 0 heterocycles. The fourth-order valence-electron chi connectivity index (χ4n) is 2.33. The summed E-state index contributed by atoms with van der Waals surface area (Å²) in [4.78, 5) is 11.4. The highest BCUT2D eigenvalue weighted by Gasteiger charge is 2.21. The van der Waals surface area contributed by atoms with Gasteiger partial charge in [-0.05, 0) is 43.1 Å². The number of nitrogens with one attached hydrogen (secondary N) is 2. The minimum absolute atomic E-state index is 0.00404. The number of terminal acetylenes is 1. The molecule has 0 radical (unpaired) electrons. The second kappa shape index (κ2) is 6.26. The number of hydrogen-bond acceptors (Lipinski definition) is 3. The topological polar surface area (TPSA) is 50.4 Å². The standard InChI is InChI=1S/C15H18N2O2/c1-3-8-17-15(18)10-19-12-5-6-13-11(9-12)4-7-14(13)16-2/h1,5-6,9,14,16H,4,7-8,10H2,2H3,(H,17,18). The third-order valence-electron chi connectivity index (χ3n) is 3.30. The van der Waals surface area contributed by atoms with Gasteiger partial charge in [-0.15, -0.1) is 6.42 Å². The average molecular weight is 258 g/mol. The summed E-state index contributed by atoms with van der Waals surface area (Å²) in [6.45, 7) is 0.228. The van der Waals surface area contributed by atoms with E-state index in [4.69, 9.17) is 11.2 Å². The van der Waals surface area contributed by atoms with Gasteiger partial charge in [0, 0.05) is 6.04 Å². The molecule has 100 valence electrons. The molecular formula is C15H18N2O2. The molecule has 1 amide bonds. The lowest BCUT2D eigenvalue weighted by molar-refractivity contribution is -0.122. The fourth-order valence-corrected chi connectivity index (χ4v) is 2.33. The molecule has 1 unspecified atom stereocenters. The molecule has 1 atom stereocenters. The zero-order valence-electron chi connectivity index (χ0n) is 11.0. The minimum atomic E-state index is -0.202. The van der Waals surface area contributed by atoms with Gasteiger partial charge in [0.05, 0.1) is 6.54 Å². The van der Waals surface area contributed by atoms with Gasteiger partial charge in [0.2, 0.25) is 0 Å². The molecule has 4 heteroatoms. The van der Waals surface area contributed by atoms with E-state index in [1.807, 2.05) is 19.2 Å². The van der Waals surface area contributed by atoms with Crippen LogP contribution in [0.25, 0.3) is 0 Å². The second-order valence-electron chi connectivity index (χ2n) is 4.51. The number of carbonyl (C=O) groups excluding carboxylic acids is 1. The van der Waals surface area contributed by atoms with Crippen LogP contribution in [0.4, 0.5) is 0 Å². The average Bonchev–Trinajstić information content (AvgIpc) is 2.85. The van der Waals surface area contributed by atoms with E-state index in [0.29, 0.717) is 6.04 Å². The van der Waals surface area contributed by atoms with Gasteiger partial charge < -0.3 is 15.4 Å². The molecule has 0 saturated carbocycles. The number of benzene rings is 1. The Kier molecular flexibility index (Phi) is 4.43. The van der Waals surface area contributed by atoms with Crippen molar-refractivity contribution in [2.45, 2.75) is 18.9 Å². The zero-order valence-corrected chi connectivity index (χ0v) is 11.0. The summed E-state index contributed by atoms with van der Waals surface area (Å²) in [6, 6.07) is 6.42. The largest absolute Gasteiger partial charge is 0.484 e. The first-order valence-electron chi connectivity index (χ1n) is 6.37. The summed E-state index contributed by atoms with van der Waals surface area (Å²) >= 11 is 0. The predicted molar refractivity (Wildman–Crippen MR) is 73.9 cm³/mol. The molecule has 4 nitrogen and oxygen atoms in total. The Bertz CT molecular complexity index is 505. The van der Waals surface area contributed by atoms with Gasteiger partial charge in [-0.1, -0.05) is 12.0 Å². The number of hydrogen-bond donors (Lipinski definition) is 2. The van der Waals surface area contributed by atoms with Crippen LogP contribution in [-0.2, 0) is 11.2 Å². The van der Waals surface area contributed by atoms with Crippen molar-refractivity contribution in [3.05, 3.63) is 29.3 Å². The van der Waals surface area contributed by atoms with E-state index in [9.17, 15) is 4.79 Å². The molecule has 0 bridgehead atoms. The van der Waals surface area contributed by atoms with E-state index >= 15 is 0 Å². The van der Waals surface area contributed by atoms with Gasteiger partial charge in [0.25, 0.3) is 5.91 Å². The molecule has 0 aliphatic heterocycles. The maximum absolute atomic E-state index is 11.4. The summed E-state index contributed by atoms with van der Waals surface area (Å²) in [5, 5.41) is 5.85. The van der Waals surface area contributed by atoms with Crippen molar-refractivity contribution in [1.29, 1.82) is 0 Å². The van der Waals surface area contributed by atoms with Gasteiger partial charge in [-0.2, -0.15) is 0 Å². The third-order valence-corrected chi connectivity index (χ3v) is 3.30. The van der Waals surface area contributed by atoms with E-state index < -0.39 is 0 Å². The minimum Gasteiger partial charge on any atom is -0.484 e. The molecule has 2 N–H and O–H groups in total. The molecule has 1 aliphatic rings. The molecule has 1 aromatic carbocycles. The van der Waals surface area contributed by atoms with Crippen molar-refractivity contribution in [2.24, 2.45) is 0 Å². The molecule has 0 spiro atoms. The highest BCUT2D eigenvalue weighted by Crippen LogP contribution is 2.33. The fraction of sp³-hybridized carbons (Fsp3) is 0.400. The van der Waals surface area contributed by atoms with Crippen LogP contribution in [0.5, 0.6) is 5.75 Å². The Morgan fingerprint density at radius 1 is 1.58 bits per heavy atom. The van der Waals surface area contributed by atoms with Crippen LogP contribution in [0.2, 0.25) is 0 Å². The van der Waals surface area contributed by atoms with Crippen molar-refractivity contribution in [1.82, 2.24) is 10.6 Å². The van der Waals surface area contributed by atoms with Crippen LogP contribution < -0.4 is 15.4 Å². The molecule has 1 aromatic rings. The van der Waals surface area contributed by atoms with Crippen LogP contribution in [0, 0.1) is 12.3 Å². The lowest BCUT2D eigenvalue weighted by Gasteiger charge is -2.11. The summed E-state index contributed by atoms with van der Waals surface area (Å²) in [5.74, 6) is 2.87. The van der Waals surface area contributed by atoms with Crippen molar-refractivity contribution >= 4 is 5.91 Å². The van der Waals surface area contributed by atoms with Crippen molar-refractivity contribution < 1.29 is 9.53 Å². The van der Waals surface area contributed by atoms with Gasteiger partial charge >= 0.3 is 0 Å². The molecule has 1 aliphatic carbocycles. The normalized spacial score (nSPS) is 16.5. The van der Waals surface area contributed by atoms with Gasteiger partial charge in [-0.25, -0.2) is 0 Å². The number of amides is 1. The van der Waals surface area contributed by atoms with Gasteiger partial charge in [-0.3, -0.25) is 4.79 Å². The van der Waals surface area contributed by atoms with E-state index in [1.165, 1.54) is 11.1 Å². The van der Waals surface area contributed by atoms with Gasteiger partial charge in [0.1, 0.15) is 5.75 Å². The van der Waals surface area contributed by atoms with Crippen LogP contribution in [0.1, 0.15) is 23.6 Å². The third kappa shape index (κ3) is 3.27. The number of carbonyl (C=O) groups is 1. The first-order chi connectivity index (χ1) is 9.24. The highest BCUT2D eigenvalue weighted by atomic mass is 16.5. The Hall–Kier alpha value is -1.99. The lowest BCUT2D eigenvalue weighted by Crippen LogP contribution is -2.29. The summed E-state index contributed by atoms with van der Waals surface area (Å²) in [6.07, 6.45) is 7.21. The summed E-state index contributed by atoms with van der Waals surface area (Å²) < 4.78 is 5.46.